The smallest absolute Gasteiger partial charge is 0.318 e. The summed E-state index contributed by atoms with van der Waals surface area (Å²) < 4.78 is 12.5. The minimum atomic E-state index is 0.0181. The van der Waals surface area contributed by atoms with Gasteiger partial charge in [0.1, 0.15) is 18.5 Å². The van der Waals surface area contributed by atoms with Crippen LogP contribution in [0.2, 0.25) is 0 Å². The first-order valence-electron chi connectivity index (χ1n) is 14.8. The molecular weight excluding hydrogens is 500 g/mol. The van der Waals surface area contributed by atoms with Crippen LogP contribution >= 0.6 is 0 Å². The standard InChI is InChI=1S/C32H38N6O2/c1-33-17-23-7-6-15-38(18-23)30-27-12-16-37(29-11-5-9-24-8-3-4-10-26(24)29)20-28(27)34-31(35-30)39-21-25-19-36(2)32(13-14-32)22-40-25/h3-5,8-11,23,25H,6-7,12-22H2,2H3/t23-,25+/m0/s1. The number of benzene rings is 2. The Labute approximate surface area is 236 Å². The van der Waals surface area contributed by atoms with Crippen LogP contribution < -0.4 is 14.5 Å². The van der Waals surface area contributed by atoms with Gasteiger partial charge in [0.25, 0.3) is 0 Å². The van der Waals surface area contributed by atoms with Crippen molar-refractivity contribution in [1.29, 1.82) is 0 Å². The van der Waals surface area contributed by atoms with Crippen LogP contribution in [0.25, 0.3) is 15.6 Å². The van der Waals surface area contributed by atoms with E-state index in [9.17, 15) is 0 Å². The summed E-state index contributed by atoms with van der Waals surface area (Å²) in [7, 11) is 2.20. The number of rotatable bonds is 6. The zero-order valence-electron chi connectivity index (χ0n) is 23.4. The van der Waals surface area contributed by atoms with Crippen molar-refractivity contribution in [2.24, 2.45) is 5.92 Å². The molecule has 3 aromatic rings. The predicted octanol–water partition coefficient (Wildman–Crippen LogP) is 4.57. The number of hydrogen-bond donors (Lipinski definition) is 0. The van der Waals surface area contributed by atoms with Crippen LogP contribution in [-0.4, -0.2) is 79.5 Å². The molecule has 0 unspecified atom stereocenters. The second kappa shape index (κ2) is 10.5. The van der Waals surface area contributed by atoms with Gasteiger partial charge in [-0.25, -0.2) is 6.57 Å². The first kappa shape index (κ1) is 25.6. The van der Waals surface area contributed by atoms with Crippen LogP contribution in [0.5, 0.6) is 6.01 Å². The van der Waals surface area contributed by atoms with Gasteiger partial charge in [-0.1, -0.05) is 36.4 Å². The number of hydrogen-bond acceptors (Lipinski definition) is 7. The molecule has 0 amide bonds. The third-order valence-electron chi connectivity index (χ3n) is 9.40. The van der Waals surface area contributed by atoms with Gasteiger partial charge in [0.05, 0.1) is 18.8 Å². The maximum Gasteiger partial charge on any atom is 0.318 e. The number of likely N-dealkylation sites (N-methyl/N-ethyl adjacent to an activating group) is 1. The molecule has 0 N–H and O–H groups in total. The van der Waals surface area contributed by atoms with Crippen molar-refractivity contribution in [1.82, 2.24) is 14.9 Å². The summed E-state index contributed by atoms with van der Waals surface area (Å²) in [6, 6.07) is 15.6. The van der Waals surface area contributed by atoms with E-state index >= 15 is 0 Å². The lowest BCUT2D eigenvalue weighted by Crippen LogP contribution is -2.51. The largest absolute Gasteiger partial charge is 0.461 e. The Hall–Kier alpha value is -3.41. The molecule has 4 aliphatic rings. The fourth-order valence-electron chi connectivity index (χ4n) is 6.81. The van der Waals surface area contributed by atoms with E-state index in [1.807, 2.05) is 0 Å². The number of nitrogens with zero attached hydrogens (tertiary/aromatic N) is 6. The molecule has 1 spiro atoms. The van der Waals surface area contributed by atoms with Gasteiger partial charge >= 0.3 is 6.01 Å². The first-order chi connectivity index (χ1) is 19.6. The molecule has 40 heavy (non-hydrogen) atoms. The van der Waals surface area contributed by atoms with Crippen molar-refractivity contribution >= 4 is 22.3 Å². The summed E-state index contributed by atoms with van der Waals surface area (Å²) in [5.41, 5.74) is 3.79. The van der Waals surface area contributed by atoms with E-state index in [0.717, 1.165) is 70.1 Å². The average molecular weight is 539 g/mol. The highest BCUT2D eigenvalue weighted by atomic mass is 16.5. The number of fused-ring (bicyclic) bond motifs is 2. The monoisotopic (exact) mass is 538 g/mol. The van der Waals surface area contributed by atoms with Gasteiger partial charge in [-0.15, -0.1) is 0 Å². The predicted molar refractivity (Wildman–Crippen MR) is 157 cm³/mol. The van der Waals surface area contributed by atoms with Gasteiger partial charge in [-0.2, -0.15) is 9.97 Å². The normalized spacial score (nSPS) is 24.1. The Kier molecular flexibility index (Phi) is 6.73. The van der Waals surface area contributed by atoms with Gasteiger partial charge in [0, 0.05) is 54.3 Å². The molecule has 2 atom stereocenters. The number of morpholine rings is 1. The van der Waals surface area contributed by atoms with Crippen LogP contribution in [0.1, 0.15) is 36.9 Å². The highest BCUT2D eigenvalue weighted by molar-refractivity contribution is 5.94. The highest BCUT2D eigenvalue weighted by Crippen LogP contribution is 2.43. The number of anilines is 2. The summed E-state index contributed by atoms with van der Waals surface area (Å²) in [6.45, 7) is 13.5. The lowest BCUT2D eigenvalue weighted by atomic mass is 9.96. The lowest BCUT2D eigenvalue weighted by molar-refractivity contribution is -0.0799. The second-order valence-electron chi connectivity index (χ2n) is 12.1. The molecule has 0 bridgehead atoms. The molecule has 8 nitrogen and oxygen atoms in total. The van der Waals surface area contributed by atoms with Gasteiger partial charge in [0.15, 0.2) is 0 Å². The summed E-state index contributed by atoms with van der Waals surface area (Å²) in [4.78, 5) is 21.0. The van der Waals surface area contributed by atoms with Crippen molar-refractivity contribution in [2.75, 3.05) is 62.8 Å². The first-order valence-corrected chi connectivity index (χ1v) is 14.8. The quantitative estimate of drug-likeness (QED) is 0.426. The maximum atomic E-state index is 7.39. The fourth-order valence-corrected chi connectivity index (χ4v) is 6.81. The minimum absolute atomic E-state index is 0.0181. The van der Waals surface area contributed by atoms with Gasteiger partial charge < -0.3 is 24.1 Å². The maximum absolute atomic E-state index is 7.39. The molecule has 3 aliphatic heterocycles. The molecule has 0 radical (unpaired) electrons. The van der Waals surface area contributed by atoms with E-state index < -0.39 is 0 Å². The zero-order chi connectivity index (χ0) is 27.1. The number of piperidine rings is 1. The van der Waals surface area contributed by atoms with E-state index in [1.54, 1.807) is 0 Å². The average Bonchev–Trinajstić information content (AvgIpc) is 3.78. The Morgan fingerprint density at radius 2 is 1.95 bits per heavy atom. The molecule has 3 fully saturated rings. The van der Waals surface area contributed by atoms with Gasteiger partial charge in [-0.3, -0.25) is 4.90 Å². The SMILES string of the molecule is [C-]#[N+]C[C@@H]1CCCN(c2nc(OC[C@H]3CN(C)C4(CC4)CO3)nc3c2CCN(c2cccc4ccccc24)C3)C1. The second-order valence-corrected chi connectivity index (χ2v) is 12.1. The van der Waals surface area contributed by atoms with Crippen molar-refractivity contribution in [2.45, 2.75) is 50.3 Å². The summed E-state index contributed by atoms with van der Waals surface area (Å²) in [5, 5.41) is 2.52. The van der Waals surface area contributed by atoms with Crippen LogP contribution in [0, 0.1) is 12.5 Å². The molecular formula is C32H38N6O2. The molecule has 2 aromatic carbocycles. The van der Waals surface area contributed by atoms with Crippen molar-refractivity contribution in [3.63, 3.8) is 0 Å². The number of aromatic nitrogens is 2. The van der Waals surface area contributed by atoms with E-state index in [1.165, 1.54) is 34.9 Å². The lowest BCUT2D eigenvalue weighted by Gasteiger charge is -2.38. The minimum Gasteiger partial charge on any atom is -0.461 e. The van der Waals surface area contributed by atoms with Gasteiger partial charge in [-0.05, 0) is 50.6 Å². The van der Waals surface area contributed by atoms with Crippen LogP contribution in [0.15, 0.2) is 42.5 Å². The van der Waals surface area contributed by atoms with Crippen LogP contribution in [0.4, 0.5) is 11.5 Å². The van der Waals surface area contributed by atoms with E-state index in [4.69, 9.17) is 26.0 Å². The van der Waals surface area contributed by atoms with E-state index in [0.29, 0.717) is 25.1 Å². The molecule has 1 aliphatic carbocycles. The Morgan fingerprint density at radius 3 is 2.80 bits per heavy atom. The molecule has 1 saturated carbocycles. The fraction of sp³-hybridized carbons (Fsp3) is 0.531. The molecule has 208 valence electrons. The van der Waals surface area contributed by atoms with Gasteiger partial charge in [0.2, 0.25) is 6.54 Å². The molecule has 1 aromatic heterocycles. The van der Waals surface area contributed by atoms with Crippen molar-refractivity contribution in [3.8, 4) is 6.01 Å². The van der Waals surface area contributed by atoms with Crippen LogP contribution in [-0.2, 0) is 17.7 Å². The molecule has 8 heteroatoms. The topological polar surface area (TPSA) is 58.3 Å². The third-order valence-corrected chi connectivity index (χ3v) is 9.40. The summed E-state index contributed by atoms with van der Waals surface area (Å²) >= 11 is 0. The Balaban J connectivity index is 1.17. The van der Waals surface area contributed by atoms with Crippen LogP contribution in [0.3, 0.4) is 0 Å². The van der Waals surface area contributed by atoms with Crippen molar-refractivity contribution < 1.29 is 9.47 Å². The summed E-state index contributed by atoms with van der Waals surface area (Å²) in [5.74, 6) is 1.39. The van der Waals surface area contributed by atoms with E-state index in [-0.39, 0.29) is 11.6 Å². The molecule has 4 heterocycles. The van der Waals surface area contributed by atoms with E-state index in [2.05, 4.69) is 69.1 Å². The Morgan fingerprint density at radius 1 is 1.07 bits per heavy atom. The Bertz CT molecular complexity index is 1430. The molecule has 7 rings (SSSR count). The molecule has 2 saturated heterocycles. The van der Waals surface area contributed by atoms with Crippen molar-refractivity contribution in [3.05, 3.63) is 65.1 Å². The number of ether oxygens (including phenoxy) is 2. The summed E-state index contributed by atoms with van der Waals surface area (Å²) in [6.07, 6.45) is 5.55. The third kappa shape index (κ3) is 4.86. The highest BCUT2D eigenvalue weighted by Gasteiger charge is 2.50. The zero-order valence-corrected chi connectivity index (χ0v) is 23.4.